The van der Waals surface area contributed by atoms with Crippen LogP contribution in [0.5, 0.6) is 11.5 Å². The Kier molecular flexibility index (Phi) is 4.73. The molecule has 0 amide bonds. The van der Waals surface area contributed by atoms with E-state index in [2.05, 4.69) is 10.3 Å². The molecule has 2 heterocycles. The van der Waals surface area contributed by atoms with Crippen molar-refractivity contribution in [2.45, 2.75) is 6.92 Å². The van der Waals surface area contributed by atoms with Crippen LogP contribution in [0.1, 0.15) is 17.3 Å². The molecule has 0 spiro atoms. The van der Waals surface area contributed by atoms with E-state index in [-0.39, 0.29) is 6.61 Å². The first-order chi connectivity index (χ1) is 13.2. The maximum Gasteiger partial charge on any atom is 0.341 e. The number of pyridine rings is 1. The monoisotopic (exact) mass is 384 g/mol. The van der Waals surface area contributed by atoms with Crippen molar-refractivity contribution in [2.24, 2.45) is 0 Å². The van der Waals surface area contributed by atoms with E-state index in [1.54, 1.807) is 13.0 Å². The molecule has 1 aliphatic rings. The first-order valence-electron chi connectivity index (χ1n) is 8.58. The standard InChI is InChI=1S/C20H17ClN2O4/c1-2-25-20(24)14-11-22-19-13(4-3-5-15(19)21)18(14)23-12-6-7-16-17(10-12)27-9-8-26-16/h3-7,10-11H,2,8-9H2,1H3,(H,22,23). The number of benzene rings is 2. The number of aromatic nitrogens is 1. The molecule has 0 aliphatic carbocycles. The fraction of sp³-hybridized carbons (Fsp3) is 0.200. The van der Waals surface area contributed by atoms with Crippen molar-refractivity contribution in [3.63, 3.8) is 0 Å². The van der Waals surface area contributed by atoms with Gasteiger partial charge in [0.05, 0.1) is 22.8 Å². The van der Waals surface area contributed by atoms with Crippen molar-refractivity contribution in [1.29, 1.82) is 0 Å². The van der Waals surface area contributed by atoms with Gasteiger partial charge in [0.1, 0.15) is 18.8 Å². The summed E-state index contributed by atoms with van der Waals surface area (Å²) in [7, 11) is 0. The number of carbonyl (C=O) groups is 1. The molecule has 1 aromatic heterocycles. The van der Waals surface area contributed by atoms with Crippen LogP contribution >= 0.6 is 11.6 Å². The van der Waals surface area contributed by atoms with Crippen LogP contribution in [0.4, 0.5) is 11.4 Å². The lowest BCUT2D eigenvalue weighted by Crippen LogP contribution is -2.15. The molecule has 0 fully saturated rings. The minimum absolute atomic E-state index is 0.274. The summed E-state index contributed by atoms with van der Waals surface area (Å²) in [5.41, 5.74) is 2.27. The quantitative estimate of drug-likeness (QED) is 0.664. The maximum absolute atomic E-state index is 12.4. The number of carbonyl (C=O) groups excluding carboxylic acids is 1. The van der Waals surface area contributed by atoms with Gasteiger partial charge in [-0.25, -0.2) is 4.79 Å². The molecule has 1 aliphatic heterocycles. The lowest BCUT2D eigenvalue weighted by molar-refractivity contribution is 0.0527. The zero-order valence-electron chi connectivity index (χ0n) is 14.6. The second-order valence-electron chi connectivity index (χ2n) is 5.89. The fourth-order valence-corrected chi connectivity index (χ4v) is 3.17. The molecule has 0 radical (unpaired) electrons. The molecule has 0 saturated carbocycles. The van der Waals surface area contributed by atoms with Crippen molar-refractivity contribution in [1.82, 2.24) is 4.98 Å². The molecule has 1 N–H and O–H groups in total. The average molecular weight is 385 g/mol. The minimum atomic E-state index is -0.452. The number of halogens is 1. The highest BCUT2D eigenvalue weighted by molar-refractivity contribution is 6.35. The lowest BCUT2D eigenvalue weighted by atomic mass is 10.1. The molecule has 7 heteroatoms. The van der Waals surface area contributed by atoms with Crippen molar-refractivity contribution in [2.75, 3.05) is 25.1 Å². The number of hydrogen-bond acceptors (Lipinski definition) is 6. The Morgan fingerprint density at radius 2 is 2.04 bits per heavy atom. The normalized spacial score (nSPS) is 12.7. The molecule has 6 nitrogen and oxygen atoms in total. The van der Waals surface area contributed by atoms with Crippen LogP contribution < -0.4 is 14.8 Å². The van der Waals surface area contributed by atoms with E-state index < -0.39 is 5.97 Å². The van der Waals surface area contributed by atoms with Gasteiger partial charge >= 0.3 is 5.97 Å². The van der Waals surface area contributed by atoms with E-state index in [0.717, 1.165) is 11.1 Å². The van der Waals surface area contributed by atoms with Gasteiger partial charge in [0.25, 0.3) is 0 Å². The van der Waals surface area contributed by atoms with Gasteiger partial charge in [-0.05, 0) is 25.1 Å². The van der Waals surface area contributed by atoms with E-state index in [4.69, 9.17) is 25.8 Å². The summed E-state index contributed by atoms with van der Waals surface area (Å²) in [4.78, 5) is 16.8. The number of hydrogen-bond donors (Lipinski definition) is 1. The van der Waals surface area contributed by atoms with Gasteiger partial charge in [-0.2, -0.15) is 0 Å². The molecule has 0 saturated heterocycles. The minimum Gasteiger partial charge on any atom is -0.486 e. The molecule has 138 valence electrons. The third kappa shape index (κ3) is 3.36. The topological polar surface area (TPSA) is 69.7 Å². The summed E-state index contributed by atoms with van der Waals surface area (Å²) >= 11 is 6.28. The van der Waals surface area contributed by atoms with E-state index >= 15 is 0 Å². The van der Waals surface area contributed by atoms with Gasteiger partial charge in [-0.3, -0.25) is 4.98 Å². The Morgan fingerprint density at radius 1 is 1.22 bits per heavy atom. The van der Waals surface area contributed by atoms with Crippen LogP contribution in [-0.4, -0.2) is 30.8 Å². The summed E-state index contributed by atoms with van der Waals surface area (Å²) in [5, 5.41) is 4.53. The van der Waals surface area contributed by atoms with Crippen molar-refractivity contribution >= 4 is 39.8 Å². The van der Waals surface area contributed by atoms with E-state index in [1.807, 2.05) is 30.3 Å². The second-order valence-corrected chi connectivity index (χ2v) is 6.29. The Labute approximate surface area is 161 Å². The fourth-order valence-electron chi connectivity index (χ4n) is 2.95. The van der Waals surface area contributed by atoms with Crippen LogP contribution in [0.25, 0.3) is 10.9 Å². The summed E-state index contributed by atoms with van der Waals surface area (Å²) < 4.78 is 16.4. The Balaban J connectivity index is 1.82. The number of ether oxygens (including phenoxy) is 3. The number of nitrogens with zero attached hydrogens (tertiary/aromatic N) is 1. The largest absolute Gasteiger partial charge is 0.486 e. The highest BCUT2D eigenvalue weighted by Gasteiger charge is 2.19. The third-order valence-electron chi connectivity index (χ3n) is 4.16. The van der Waals surface area contributed by atoms with Crippen LogP contribution in [0.15, 0.2) is 42.6 Å². The zero-order chi connectivity index (χ0) is 18.8. The first-order valence-corrected chi connectivity index (χ1v) is 8.96. The molecular formula is C20H17ClN2O4. The summed E-state index contributed by atoms with van der Waals surface area (Å²) in [6.45, 7) is 3.06. The Hall–Kier alpha value is -2.99. The third-order valence-corrected chi connectivity index (χ3v) is 4.46. The lowest BCUT2D eigenvalue weighted by Gasteiger charge is -2.20. The van der Waals surface area contributed by atoms with Gasteiger partial charge in [-0.15, -0.1) is 0 Å². The molecule has 27 heavy (non-hydrogen) atoms. The van der Waals surface area contributed by atoms with E-state index in [1.165, 1.54) is 6.20 Å². The van der Waals surface area contributed by atoms with E-state index in [0.29, 0.717) is 46.5 Å². The predicted octanol–water partition coefficient (Wildman–Crippen LogP) is 4.58. The average Bonchev–Trinajstić information content (AvgIpc) is 2.69. The summed E-state index contributed by atoms with van der Waals surface area (Å²) in [6.07, 6.45) is 1.48. The Bertz CT molecular complexity index is 1020. The number of rotatable bonds is 4. The molecule has 3 aromatic rings. The summed E-state index contributed by atoms with van der Waals surface area (Å²) in [6, 6.07) is 11.0. The molecule has 4 rings (SSSR count). The first kappa shape index (κ1) is 17.4. The molecular weight excluding hydrogens is 368 g/mol. The number of nitrogens with one attached hydrogen (secondary N) is 1. The van der Waals surface area contributed by atoms with Gasteiger partial charge in [-0.1, -0.05) is 23.7 Å². The maximum atomic E-state index is 12.4. The van der Waals surface area contributed by atoms with Crippen molar-refractivity contribution in [3.8, 4) is 11.5 Å². The highest BCUT2D eigenvalue weighted by Crippen LogP contribution is 2.36. The van der Waals surface area contributed by atoms with Gasteiger partial charge < -0.3 is 19.5 Å². The van der Waals surface area contributed by atoms with Crippen molar-refractivity contribution in [3.05, 3.63) is 53.2 Å². The van der Waals surface area contributed by atoms with Gasteiger partial charge in [0, 0.05) is 23.3 Å². The van der Waals surface area contributed by atoms with Crippen LogP contribution in [0, 0.1) is 0 Å². The number of anilines is 2. The molecule has 0 unspecified atom stereocenters. The smallest absolute Gasteiger partial charge is 0.341 e. The van der Waals surface area contributed by atoms with Crippen molar-refractivity contribution < 1.29 is 19.0 Å². The number of para-hydroxylation sites is 1. The van der Waals surface area contributed by atoms with Gasteiger partial charge in [0.15, 0.2) is 11.5 Å². The Morgan fingerprint density at radius 3 is 2.85 bits per heavy atom. The van der Waals surface area contributed by atoms with E-state index in [9.17, 15) is 4.79 Å². The molecule has 0 atom stereocenters. The highest BCUT2D eigenvalue weighted by atomic mass is 35.5. The number of esters is 1. The predicted molar refractivity (Wildman–Crippen MR) is 103 cm³/mol. The SMILES string of the molecule is CCOC(=O)c1cnc2c(Cl)cccc2c1Nc1ccc2c(c1)OCCO2. The van der Waals surface area contributed by atoms with Crippen LogP contribution in [-0.2, 0) is 4.74 Å². The summed E-state index contributed by atoms with van der Waals surface area (Å²) in [5.74, 6) is 0.896. The number of fused-ring (bicyclic) bond motifs is 2. The second kappa shape index (κ2) is 7.32. The molecule has 2 aromatic carbocycles. The van der Waals surface area contributed by atoms with Crippen LogP contribution in [0.2, 0.25) is 5.02 Å². The van der Waals surface area contributed by atoms with Gasteiger partial charge in [0.2, 0.25) is 0 Å². The van der Waals surface area contributed by atoms with Crippen LogP contribution in [0.3, 0.4) is 0 Å². The zero-order valence-corrected chi connectivity index (χ0v) is 15.4. The molecule has 0 bridgehead atoms.